The van der Waals surface area contributed by atoms with Gasteiger partial charge in [-0.1, -0.05) is 11.6 Å². The normalized spacial score (nSPS) is 20.2. The van der Waals surface area contributed by atoms with E-state index < -0.39 is 0 Å². The molecular formula is C12H16ClN5O. The van der Waals surface area contributed by atoms with Gasteiger partial charge in [-0.25, -0.2) is 0 Å². The van der Waals surface area contributed by atoms with Crippen LogP contribution in [0.25, 0.3) is 5.78 Å². The summed E-state index contributed by atoms with van der Waals surface area (Å²) in [6.07, 6.45) is 3.93. The molecule has 0 aliphatic carbocycles. The van der Waals surface area contributed by atoms with Crippen LogP contribution in [0, 0.1) is 6.92 Å². The summed E-state index contributed by atoms with van der Waals surface area (Å²) in [5.41, 5.74) is 0.927. The largest absolute Gasteiger partial charge is 0.380 e. The number of methoxy groups -OCH3 is 1. The third-order valence-corrected chi connectivity index (χ3v) is 3.95. The van der Waals surface area contributed by atoms with Crippen LogP contribution in [0.1, 0.15) is 18.4 Å². The first-order valence-corrected chi connectivity index (χ1v) is 6.72. The van der Waals surface area contributed by atoms with E-state index in [9.17, 15) is 0 Å². The summed E-state index contributed by atoms with van der Waals surface area (Å²) >= 11 is 6.19. The summed E-state index contributed by atoms with van der Waals surface area (Å²) in [5.74, 6) is 1.50. The van der Waals surface area contributed by atoms with E-state index in [0.29, 0.717) is 10.9 Å². The van der Waals surface area contributed by atoms with E-state index in [2.05, 4.69) is 20.0 Å². The fraction of sp³-hybridized carbons (Fsp3) is 0.583. The summed E-state index contributed by atoms with van der Waals surface area (Å²) in [4.78, 5) is 10.6. The molecule has 102 valence electrons. The first kappa shape index (κ1) is 12.6. The number of nitrogens with zero attached hydrogens (tertiary/aromatic N) is 5. The van der Waals surface area contributed by atoms with Crippen molar-refractivity contribution >= 4 is 23.2 Å². The van der Waals surface area contributed by atoms with Crippen LogP contribution in [-0.2, 0) is 4.74 Å². The molecule has 1 saturated heterocycles. The van der Waals surface area contributed by atoms with Crippen LogP contribution < -0.4 is 4.90 Å². The van der Waals surface area contributed by atoms with Gasteiger partial charge in [-0.3, -0.25) is 0 Å². The van der Waals surface area contributed by atoms with Crippen LogP contribution in [0.2, 0.25) is 5.15 Å². The number of rotatable bonds is 2. The Hall–Kier alpha value is -1.40. The highest BCUT2D eigenvalue weighted by atomic mass is 35.5. The lowest BCUT2D eigenvalue weighted by Gasteiger charge is -2.34. The minimum atomic E-state index is 0.249. The van der Waals surface area contributed by atoms with Crippen LogP contribution in [-0.4, -0.2) is 45.9 Å². The van der Waals surface area contributed by atoms with E-state index in [4.69, 9.17) is 16.3 Å². The van der Waals surface area contributed by atoms with Crippen LogP contribution in [0.5, 0.6) is 0 Å². The third-order valence-electron chi connectivity index (χ3n) is 3.58. The predicted molar refractivity (Wildman–Crippen MR) is 72.8 cm³/mol. The van der Waals surface area contributed by atoms with Crippen molar-refractivity contribution in [3.63, 3.8) is 0 Å². The van der Waals surface area contributed by atoms with E-state index in [0.717, 1.165) is 37.3 Å². The maximum Gasteiger partial charge on any atom is 0.255 e. The summed E-state index contributed by atoms with van der Waals surface area (Å²) in [6, 6.07) is 0. The van der Waals surface area contributed by atoms with Gasteiger partial charge in [0.05, 0.1) is 6.10 Å². The molecule has 0 spiro atoms. The van der Waals surface area contributed by atoms with Crippen molar-refractivity contribution in [1.29, 1.82) is 0 Å². The number of halogens is 1. The molecule has 0 saturated carbocycles. The topological polar surface area (TPSA) is 55.5 Å². The Bertz CT molecular complexity index is 599. The molecular weight excluding hydrogens is 266 g/mol. The second-order valence-electron chi connectivity index (χ2n) is 4.77. The number of ether oxygens (including phenoxy) is 1. The lowest BCUT2D eigenvalue weighted by atomic mass is 10.1. The lowest BCUT2D eigenvalue weighted by molar-refractivity contribution is 0.0890. The van der Waals surface area contributed by atoms with Crippen molar-refractivity contribution in [2.75, 3.05) is 25.1 Å². The minimum absolute atomic E-state index is 0.249. The zero-order chi connectivity index (χ0) is 13.4. The third kappa shape index (κ3) is 2.15. The molecule has 1 aliphatic rings. The Morgan fingerprint density at radius 2 is 2.32 bits per heavy atom. The van der Waals surface area contributed by atoms with Gasteiger partial charge in [-0.2, -0.15) is 19.6 Å². The van der Waals surface area contributed by atoms with Crippen molar-refractivity contribution in [2.24, 2.45) is 0 Å². The van der Waals surface area contributed by atoms with Gasteiger partial charge < -0.3 is 9.64 Å². The van der Waals surface area contributed by atoms with E-state index >= 15 is 0 Å². The number of hydrogen-bond acceptors (Lipinski definition) is 5. The van der Waals surface area contributed by atoms with Crippen LogP contribution >= 0.6 is 11.6 Å². The highest BCUT2D eigenvalue weighted by molar-refractivity contribution is 6.30. The number of hydrogen-bond donors (Lipinski definition) is 0. The van der Waals surface area contributed by atoms with Crippen LogP contribution in [0.3, 0.4) is 0 Å². The van der Waals surface area contributed by atoms with Crippen molar-refractivity contribution in [3.05, 3.63) is 17.0 Å². The van der Waals surface area contributed by atoms with Gasteiger partial charge in [0.2, 0.25) is 0 Å². The fourth-order valence-electron chi connectivity index (χ4n) is 2.58. The first-order chi connectivity index (χ1) is 9.20. The highest BCUT2D eigenvalue weighted by Crippen LogP contribution is 2.28. The van der Waals surface area contributed by atoms with Crippen LogP contribution in [0.15, 0.2) is 6.33 Å². The Labute approximate surface area is 116 Å². The highest BCUT2D eigenvalue weighted by Gasteiger charge is 2.24. The minimum Gasteiger partial charge on any atom is -0.380 e. The Morgan fingerprint density at radius 1 is 1.47 bits per heavy atom. The lowest BCUT2D eigenvalue weighted by Crippen LogP contribution is -2.40. The molecule has 0 N–H and O–H groups in total. The van der Waals surface area contributed by atoms with Crippen molar-refractivity contribution in [1.82, 2.24) is 19.6 Å². The van der Waals surface area contributed by atoms with E-state index in [1.807, 2.05) is 6.92 Å². The van der Waals surface area contributed by atoms with Crippen molar-refractivity contribution < 1.29 is 4.74 Å². The zero-order valence-corrected chi connectivity index (χ0v) is 11.8. The Balaban J connectivity index is 2.08. The molecule has 0 radical (unpaired) electrons. The number of aromatic nitrogens is 4. The molecule has 7 heteroatoms. The molecule has 1 unspecified atom stereocenters. The van der Waals surface area contributed by atoms with E-state index in [1.54, 1.807) is 11.6 Å². The summed E-state index contributed by atoms with van der Waals surface area (Å²) in [6.45, 7) is 3.77. The van der Waals surface area contributed by atoms with E-state index in [1.165, 1.54) is 6.33 Å². The zero-order valence-electron chi connectivity index (χ0n) is 11.0. The monoisotopic (exact) mass is 281 g/mol. The van der Waals surface area contributed by atoms with Gasteiger partial charge in [0.25, 0.3) is 5.78 Å². The van der Waals surface area contributed by atoms with Gasteiger partial charge >= 0.3 is 0 Å². The molecule has 0 aromatic carbocycles. The number of fused-ring (bicyclic) bond motifs is 1. The number of anilines is 1. The summed E-state index contributed by atoms with van der Waals surface area (Å²) in [7, 11) is 1.76. The average molecular weight is 282 g/mol. The van der Waals surface area contributed by atoms with Gasteiger partial charge in [0.15, 0.2) is 0 Å². The van der Waals surface area contributed by atoms with Crippen molar-refractivity contribution in [2.45, 2.75) is 25.9 Å². The van der Waals surface area contributed by atoms with Gasteiger partial charge in [-0.05, 0) is 19.8 Å². The number of piperidine rings is 1. The van der Waals surface area contributed by atoms with Crippen LogP contribution in [0.4, 0.5) is 5.82 Å². The maximum absolute atomic E-state index is 6.19. The fourth-order valence-corrected chi connectivity index (χ4v) is 2.74. The smallest absolute Gasteiger partial charge is 0.255 e. The predicted octanol–water partition coefficient (Wildman–Crippen LogP) is 1.70. The van der Waals surface area contributed by atoms with Gasteiger partial charge in [0, 0.05) is 25.8 Å². The van der Waals surface area contributed by atoms with Gasteiger partial charge in [0.1, 0.15) is 17.3 Å². The molecule has 6 nitrogen and oxygen atoms in total. The Morgan fingerprint density at radius 3 is 3.11 bits per heavy atom. The average Bonchev–Trinajstić information content (AvgIpc) is 2.87. The molecule has 1 fully saturated rings. The molecule has 0 amide bonds. The quantitative estimate of drug-likeness (QED) is 0.784. The van der Waals surface area contributed by atoms with Gasteiger partial charge in [-0.15, -0.1) is 0 Å². The first-order valence-electron chi connectivity index (χ1n) is 6.34. The second-order valence-corrected chi connectivity index (χ2v) is 5.13. The SMILES string of the molecule is COC1CCCN(c2c(C)c(Cl)nc3ncnn23)C1. The summed E-state index contributed by atoms with van der Waals surface area (Å²) in [5, 5.41) is 4.73. The molecule has 2 aromatic rings. The van der Waals surface area contributed by atoms with E-state index in [-0.39, 0.29) is 6.10 Å². The molecule has 3 rings (SSSR count). The standard InChI is InChI=1S/C12H16ClN5O/c1-8-10(13)16-12-14-7-15-18(12)11(8)17-5-3-4-9(6-17)19-2/h7,9H,3-6H2,1-2H3. The molecule has 0 bridgehead atoms. The second kappa shape index (κ2) is 4.94. The molecule has 1 aliphatic heterocycles. The molecule has 1 atom stereocenters. The van der Waals surface area contributed by atoms with Crippen molar-refractivity contribution in [3.8, 4) is 0 Å². The summed E-state index contributed by atoms with van der Waals surface area (Å²) < 4.78 is 7.22. The molecule has 3 heterocycles. The maximum atomic E-state index is 6.19. The molecule has 19 heavy (non-hydrogen) atoms. The Kier molecular flexibility index (Phi) is 3.28. The molecule has 2 aromatic heterocycles.